The summed E-state index contributed by atoms with van der Waals surface area (Å²) in [6.07, 6.45) is 1.73. The molecule has 234 valence electrons. The Bertz CT molecular complexity index is 1670. The molecule has 0 aliphatic carbocycles. The van der Waals surface area contributed by atoms with Gasteiger partial charge in [-0.05, 0) is 49.9 Å². The molecule has 2 aliphatic heterocycles. The molecule has 2 amide bonds. The number of hydrogen-bond acceptors (Lipinski definition) is 8. The maximum absolute atomic E-state index is 13.8. The van der Waals surface area contributed by atoms with Gasteiger partial charge in [-0.3, -0.25) is 4.79 Å². The van der Waals surface area contributed by atoms with Crippen molar-refractivity contribution in [3.8, 4) is 11.8 Å². The van der Waals surface area contributed by atoms with E-state index in [4.69, 9.17) is 14.5 Å². The molecule has 45 heavy (non-hydrogen) atoms. The van der Waals surface area contributed by atoms with Crippen molar-refractivity contribution in [3.05, 3.63) is 84.1 Å². The standard InChI is InChI=1S/C34H38N6O5/c1-38-14-8-12-25(38)22-45-33-36-30(32(41)35-29-19-27(44-2)18-24-11-6-7-13-28(24)29)20-31(37-33)39-15-16-40(34(42)43)26(21-39)17-23-9-4-3-5-10-23/h3-7,9-11,13,18-20,25-26H,8,12,14-17,21-22H2,1-2H3,(H,35,41)(H,42,43)/t25-,26?/m0/s1. The number of carbonyl (C=O) groups is 2. The number of rotatable bonds is 9. The summed E-state index contributed by atoms with van der Waals surface area (Å²) >= 11 is 0. The molecule has 2 N–H and O–H groups in total. The highest BCUT2D eigenvalue weighted by Crippen LogP contribution is 2.30. The number of carboxylic acid groups (broad SMARTS) is 1. The van der Waals surface area contributed by atoms with Crippen LogP contribution in [0.25, 0.3) is 10.8 Å². The third kappa shape index (κ3) is 6.93. The molecule has 4 aromatic rings. The van der Waals surface area contributed by atoms with E-state index >= 15 is 0 Å². The van der Waals surface area contributed by atoms with E-state index in [1.54, 1.807) is 19.2 Å². The summed E-state index contributed by atoms with van der Waals surface area (Å²) in [6.45, 7) is 2.54. The Morgan fingerprint density at radius 1 is 0.978 bits per heavy atom. The van der Waals surface area contributed by atoms with Crippen molar-refractivity contribution in [3.63, 3.8) is 0 Å². The second-order valence-electron chi connectivity index (χ2n) is 11.6. The molecule has 6 rings (SSSR count). The van der Waals surface area contributed by atoms with E-state index in [1.165, 1.54) is 4.90 Å². The van der Waals surface area contributed by atoms with E-state index in [9.17, 15) is 14.7 Å². The maximum atomic E-state index is 13.8. The van der Waals surface area contributed by atoms with Crippen molar-refractivity contribution in [2.75, 3.05) is 57.2 Å². The molecule has 2 atom stereocenters. The van der Waals surface area contributed by atoms with Gasteiger partial charge in [0.2, 0.25) is 0 Å². The lowest BCUT2D eigenvalue weighted by atomic mass is 10.0. The van der Waals surface area contributed by atoms with Crippen LogP contribution in [-0.4, -0.2) is 95.9 Å². The van der Waals surface area contributed by atoms with Crippen LogP contribution in [0.5, 0.6) is 11.8 Å². The maximum Gasteiger partial charge on any atom is 0.407 e. The number of nitrogens with one attached hydrogen (secondary N) is 1. The number of likely N-dealkylation sites (N-methyl/N-ethyl adjacent to an activating group) is 1. The second kappa shape index (κ2) is 13.4. The Labute approximate surface area is 262 Å². The average molecular weight is 611 g/mol. The van der Waals surface area contributed by atoms with Gasteiger partial charge >= 0.3 is 12.1 Å². The number of fused-ring (bicyclic) bond motifs is 1. The van der Waals surface area contributed by atoms with Gasteiger partial charge in [-0.2, -0.15) is 9.97 Å². The summed E-state index contributed by atoms with van der Waals surface area (Å²) in [5, 5.41) is 14.8. The van der Waals surface area contributed by atoms with Crippen LogP contribution in [0.3, 0.4) is 0 Å². The fourth-order valence-corrected chi connectivity index (χ4v) is 6.18. The molecule has 0 bridgehead atoms. The van der Waals surface area contributed by atoms with Crippen molar-refractivity contribution in [1.82, 2.24) is 19.8 Å². The van der Waals surface area contributed by atoms with Gasteiger partial charge < -0.3 is 34.6 Å². The smallest absolute Gasteiger partial charge is 0.407 e. The van der Waals surface area contributed by atoms with E-state index in [2.05, 4.69) is 22.2 Å². The topological polar surface area (TPSA) is 120 Å². The third-order valence-corrected chi connectivity index (χ3v) is 8.69. The van der Waals surface area contributed by atoms with Crippen LogP contribution in [0.1, 0.15) is 28.9 Å². The monoisotopic (exact) mass is 610 g/mol. The van der Waals surface area contributed by atoms with Crippen LogP contribution in [0.15, 0.2) is 72.8 Å². The van der Waals surface area contributed by atoms with Gasteiger partial charge in [-0.1, -0.05) is 54.6 Å². The minimum Gasteiger partial charge on any atom is -0.497 e. The number of anilines is 2. The average Bonchev–Trinajstić information content (AvgIpc) is 3.48. The highest BCUT2D eigenvalue weighted by atomic mass is 16.5. The number of amides is 2. The molecule has 3 heterocycles. The van der Waals surface area contributed by atoms with Crippen LogP contribution in [0.4, 0.5) is 16.3 Å². The Morgan fingerprint density at radius 2 is 1.78 bits per heavy atom. The molecular weight excluding hydrogens is 572 g/mol. The quantitative estimate of drug-likeness (QED) is 0.276. The zero-order chi connectivity index (χ0) is 31.3. The second-order valence-corrected chi connectivity index (χ2v) is 11.6. The molecule has 1 unspecified atom stereocenters. The SMILES string of the molecule is COc1cc(NC(=O)c2cc(N3CCN(C(=O)O)C(Cc4ccccc4)C3)nc(OC[C@@H]3CCCN3C)n2)c2ccccc2c1. The molecule has 0 spiro atoms. The molecule has 11 heteroatoms. The first-order valence-electron chi connectivity index (χ1n) is 15.3. The van der Waals surface area contributed by atoms with Gasteiger partial charge in [0.15, 0.2) is 0 Å². The molecular formula is C34H38N6O5. The van der Waals surface area contributed by atoms with Crippen molar-refractivity contribution in [1.29, 1.82) is 0 Å². The van der Waals surface area contributed by atoms with Crippen LogP contribution in [-0.2, 0) is 6.42 Å². The summed E-state index contributed by atoms with van der Waals surface area (Å²) in [6, 6.07) is 23.0. The third-order valence-electron chi connectivity index (χ3n) is 8.69. The van der Waals surface area contributed by atoms with Crippen molar-refractivity contribution in [2.24, 2.45) is 0 Å². The first-order valence-corrected chi connectivity index (χ1v) is 15.3. The molecule has 2 fully saturated rings. The number of nitrogens with zero attached hydrogens (tertiary/aromatic N) is 5. The zero-order valence-corrected chi connectivity index (χ0v) is 25.6. The number of piperazine rings is 1. The normalized spacial score (nSPS) is 18.6. The lowest BCUT2D eigenvalue weighted by Crippen LogP contribution is -2.56. The fourth-order valence-electron chi connectivity index (χ4n) is 6.18. The lowest BCUT2D eigenvalue weighted by Gasteiger charge is -2.40. The zero-order valence-electron chi connectivity index (χ0n) is 25.6. The first-order chi connectivity index (χ1) is 21.9. The minimum atomic E-state index is -0.950. The van der Waals surface area contributed by atoms with E-state index in [-0.39, 0.29) is 23.8 Å². The highest BCUT2D eigenvalue weighted by molar-refractivity contribution is 6.09. The van der Waals surface area contributed by atoms with Crippen molar-refractivity contribution < 1.29 is 24.2 Å². The molecule has 0 radical (unpaired) electrons. The van der Waals surface area contributed by atoms with Crippen molar-refractivity contribution in [2.45, 2.75) is 31.3 Å². The molecule has 3 aromatic carbocycles. The number of likely N-dealkylation sites (tertiary alicyclic amines) is 1. The van der Waals surface area contributed by atoms with Crippen molar-refractivity contribution >= 4 is 34.3 Å². The van der Waals surface area contributed by atoms with Gasteiger partial charge in [0.25, 0.3) is 5.91 Å². The Hall–Kier alpha value is -4.90. The number of aromatic nitrogens is 2. The predicted octanol–water partition coefficient (Wildman–Crippen LogP) is 4.78. The molecule has 0 saturated carbocycles. The molecule has 1 aromatic heterocycles. The van der Waals surface area contributed by atoms with Gasteiger partial charge in [0.1, 0.15) is 23.9 Å². The number of ether oxygens (including phenoxy) is 2. The molecule has 2 saturated heterocycles. The molecule has 11 nitrogen and oxygen atoms in total. The number of hydrogen-bond donors (Lipinski definition) is 2. The summed E-state index contributed by atoms with van der Waals surface area (Å²) in [5.41, 5.74) is 1.80. The molecule has 2 aliphatic rings. The van der Waals surface area contributed by atoms with E-state index < -0.39 is 12.0 Å². The summed E-state index contributed by atoms with van der Waals surface area (Å²) < 4.78 is 11.6. The Kier molecular flexibility index (Phi) is 8.97. The van der Waals surface area contributed by atoms with E-state index in [1.807, 2.05) is 65.6 Å². The Balaban J connectivity index is 1.30. The predicted molar refractivity (Wildman–Crippen MR) is 173 cm³/mol. The minimum absolute atomic E-state index is 0.119. The highest BCUT2D eigenvalue weighted by Gasteiger charge is 2.32. The number of benzene rings is 3. The van der Waals surface area contributed by atoms with Crippen LogP contribution < -0.4 is 19.7 Å². The fraction of sp³-hybridized carbons (Fsp3) is 0.353. The van der Waals surface area contributed by atoms with E-state index in [0.717, 1.165) is 35.7 Å². The summed E-state index contributed by atoms with van der Waals surface area (Å²) in [4.78, 5) is 41.0. The van der Waals surface area contributed by atoms with Gasteiger partial charge in [0.05, 0.1) is 18.8 Å². The lowest BCUT2D eigenvalue weighted by molar-refractivity contribution is 0.102. The van der Waals surface area contributed by atoms with Gasteiger partial charge in [0, 0.05) is 43.2 Å². The van der Waals surface area contributed by atoms with Crippen LogP contribution in [0.2, 0.25) is 0 Å². The summed E-state index contributed by atoms with van der Waals surface area (Å²) in [5.74, 6) is 0.728. The first kappa shape index (κ1) is 30.1. The van der Waals surface area contributed by atoms with E-state index in [0.29, 0.717) is 49.9 Å². The van der Waals surface area contributed by atoms with Crippen LogP contribution in [0, 0.1) is 0 Å². The van der Waals surface area contributed by atoms with Gasteiger partial charge in [-0.25, -0.2) is 4.79 Å². The largest absolute Gasteiger partial charge is 0.497 e. The van der Waals surface area contributed by atoms with Gasteiger partial charge in [-0.15, -0.1) is 0 Å². The summed E-state index contributed by atoms with van der Waals surface area (Å²) in [7, 11) is 3.66. The number of carbonyl (C=O) groups excluding carboxylic acids is 1. The Morgan fingerprint density at radius 3 is 2.53 bits per heavy atom. The number of methoxy groups -OCH3 is 1. The van der Waals surface area contributed by atoms with Crippen LogP contribution >= 0.6 is 0 Å².